The fourth-order valence-corrected chi connectivity index (χ4v) is 1.54. The second kappa shape index (κ2) is 6.72. The number of ether oxygens (including phenoxy) is 1. The summed E-state index contributed by atoms with van der Waals surface area (Å²) < 4.78 is 4.89. The van der Waals surface area contributed by atoms with Gasteiger partial charge in [0.2, 0.25) is 5.88 Å². The summed E-state index contributed by atoms with van der Waals surface area (Å²) in [5.74, 6) is -1.24. The summed E-state index contributed by atoms with van der Waals surface area (Å²) in [5, 5.41) is 11.6. The molecule has 6 heteroatoms. The molecule has 1 aromatic rings. The summed E-state index contributed by atoms with van der Waals surface area (Å²) in [4.78, 5) is 26.9. The number of carbonyl (C=O) groups is 2. The lowest BCUT2D eigenvalue weighted by molar-refractivity contribution is -0.140. The first kappa shape index (κ1) is 14.9. The molecule has 0 radical (unpaired) electrons. The predicted molar refractivity (Wildman–Crippen MR) is 69.1 cm³/mol. The van der Waals surface area contributed by atoms with Gasteiger partial charge in [-0.1, -0.05) is 20.3 Å². The van der Waals surface area contributed by atoms with Crippen LogP contribution in [0.15, 0.2) is 18.3 Å². The minimum absolute atomic E-state index is 0.146. The second-order valence-corrected chi connectivity index (χ2v) is 4.26. The van der Waals surface area contributed by atoms with Crippen molar-refractivity contribution < 1.29 is 19.4 Å². The maximum atomic E-state index is 11.9. The van der Waals surface area contributed by atoms with Gasteiger partial charge in [-0.25, -0.2) is 9.78 Å². The zero-order chi connectivity index (χ0) is 14.4. The van der Waals surface area contributed by atoms with Gasteiger partial charge in [-0.15, -0.1) is 0 Å². The van der Waals surface area contributed by atoms with Crippen LogP contribution in [0.5, 0.6) is 5.88 Å². The largest absolute Gasteiger partial charge is 0.481 e. The van der Waals surface area contributed by atoms with Crippen molar-refractivity contribution in [2.45, 2.75) is 26.3 Å². The quantitative estimate of drug-likeness (QED) is 0.810. The molecule has 0 bridgehead atoms. The number of methoxy groups -OCH3 is 1. The molecule has 0 aliphatic carbocycles. The molecule has 6 nitrogen and oxygen atoms in total. The number of amides is 1. The highest BCUT2D eigenvalue weighted by Gasteiger charge is 2.25. The van der Waals surface area contributed by atoms with E-state index < -0.39 is 17.9 Å². The van der Waals surface area contributed by atoms with Crippen LogP contribution in [0, 0.1) is 5.92 Å². The van der Waals surface area contributed by atoms with Crippen molar-refractivity contribution in [2.24, 2.45) is 5.92 Å². The molecule has 19 heavy (non-hydrogen) atoms. The maximum Gasteiger partial charge on any atom is 0.326 e. The van der Waals surface area contributed by atoms with Gasteiger partial charge in [0.05, 0.1) is 12.7 Å². The predicted octanol–water partition coefficient (Wildman–Crippen LogP) is 1.32. The summed E-state index contributed by atoms with van der Waals surface area (Å²) in [6, 6.07) is 2.18. The van der Waals surface area contributed by atoms with E-state index in [0.717, 1.165) is 0 Å². The Balaban J connectivity index is 2.78. The summed E-state index contributed by atoms with van der Waals surface area (Å²) >= 11 is 0. The van der Waals surface area contributed by atoms with Crippen molar-refractivity contribution in [3.05, 3.63) is 23.9 Å². The van der Waals surface area contributed by atoms with E-state index >= 15 is 0 Å². The average Bonchev–Trinajstić information content (AvgIpc) is 2.43. The Hall–Kier alpha value is -2.11. The molecule has 1 rings (SSSR count). The summed E-state index contributed by atoms with van der Waals surface area (Å²) in [7, 11) is 1.48. The summed E-state index contributed by atoms with van der Waals surface area (Å²) in [6.45, 7) is 3.66. The van der Waals surface area contributed by atoms with E-state index in [1.54, 1.807) is 13.0 Å². The van der Waals surface area contributed by atoms with Gasteiger partial charge >= 0.3 is 5.97 Å². The summed E-state index contributed by atoms with van der Waals surface area (Å²) in [5.41, 5.74) is 0.301. The van der Waals surface area contributed by atoms with Crippen molar-refractivity contribution in [3.63, 3.8) is 0 Å². The molecule has 104 valence electrons. The second-order valence-electron chi connectivity index (χ2n) is 4.26. The van der Waals surface area contributed by atoms with Gasteiger partial charge in [0.1, 0.15) is 6.04 Å². The first-order valence-electron chi connectivity index (χ1n) is 6.03. The van der Waals surface area contributed by atoms with Crippen molar-refractivity contribution in [1.82, 2.24) is 10.3 Å². The molecule has 1 heterocycles. The van der Waals surface area contributed by atoms with Gasteiger partial charge < -0.3 is 15.2 Å². The minimum Gasteiger partial charge on any atom is -0.481 e. The molecule has 2 atom stereocenters. The molecule has 0 saturated carbocycles. The zero-order valence-corrected chi connectivity index (χ0v) is 11.2. The molecule has 1 amide bonds. The third-order valence-corrected chi connectivity index (χ3v) is 2.97. The number of nitrogens with one attached hydrogen (secondary N) is 1. The third kappa shape index (κ3) is 3.94. The number of nitrogens with zero attached hydrogens (tertiary/aromatic N) is 1. The third-order valence-electron chi connectivity index (χ3n) is 2.97. The number of aliphatic carboxylic acids is 1. The normalized spacial score (nSPS) is 13.4. The van der Waals surface area contributed by atoms with Gasteiger partial charge in [-0.3, -0.25) is 4.79 Å². The van der Waals surface area contributed by atoms with Crippen LogP contribution in [0.4, 0.5) is 0 Å². The monoisotopic (exact) mass is 266 g/mol. The SMILES string of the molecule is CCC(C)[C@H](NC(=O)c1ccc(OC)nc1)C(=O)O. The van der Waals surface area contributed by atoms with Gasteiger partial charge in [-0.2, -0.15) is 0 Å². The van der Waals surface area contributed by atoms with E-state index in [-0.39, 0.29) is 5.92 Å². The lowest BCUT2D eigenvalue weighted by Crippen LogP contribution is -2.45. The van der Waals surface area contributed by atoms with Crippen LogP contribution >= 0.6 is 0 Å². The van der Waals surface area contributed by atoms with Crippen LogP contribution in [-0.4, -0.2) is 35.1 Å². The van der Waals surface area contributed by atoms with Crippen molar-refractivity contribution >= 4 is 11.9 Å². The van der Waals surface area contributed by atoms with E-state index in [0.29, 0.717) is 17.9 Å². The highest BCUT2D eigenvalue weighted by Crippen LogP contribution is 2.10. The minimum atomic E-state index is -1.04. The van der Waals surface area contributed by atoms with E-state index in [2.05, 4.69) is 10.3 Å². The fourth-order valence-electron chi connectivity index (χ4n) is 1.54. The number of pyridine rings is 1. The van der Waals surface area contributed by atoms with Crippen molar-refractivity contribution in [3.8, 4) is 5.88 Å². The van der Waals surface area contributed by atoms with Crippen LogP contribution in [0.2, 0.25) is 0 Å². The van der Waals surface area contributed by atoms with Gasteiger partial charge in [0.25, 0.3) is 5.91 Å². The number of aromatic nitrogens is 1. The molecule has 0 aliphatic rings. The number of carboxylic acids is 1. The van der Waals surface area contributed by atoms with E-state index in [9.17, 15) is 9.59 Å². The van der Waals surface area contributed by atoms with Crippen LogP contribution in [0.25, 0.3) is 0 Å². The Morgan fingerprint density at radius 3 is 2.58 bits per heavy atom. The van der Waals surface area contributed by atoms with Gasteiger partial charge in [0.15, 0.2) is 0 Å². The Morgan fingerprint density at radius 1 is 1.47 bits per heavy atom. The van der Waals surface area contributed by atoms with Crippen LogP contribution in [0.3, 0.4) is 0 Å². The van der Waals surface area contributed by atoms with E-state index in [1.807, 2.05) is 6.92 Å². The number of carboxylic acid groups (broad SMARTS) is 1. The lowest BCUT2D eigenvalue weighted by Gasteiger charge is -2.20. The highest BCUT2D eigenvalue weighted by atomic mass is 16.5. The maximum absolute atomic E-state index is 11.9. The molecule has 0 saturated heterocycles. The Labute approximate surface area is 111 Å². The smallest absolute Gasteiger partial charge is 0.326 e. The zero-order valence-electron chi connectivity index (χ0n) is 11.2. The number of hydrogen-bond donors (Lipinski definition) is 2. The van der Waals surface area contributed by atoms with Gasteiger partial charge in [-0.05, 0) is 12.0 Å². The molecular weight excluding hydrogens is 248 g/mol. The molecule has 0 fully saturated rings. The molecule has 2 N–H and O–H groups in total. The Kier molecular flexibility index (Phi) is 5.29. The average molecular weight is 266 g/mol. The molecular formula is C13H18N2O4. The first-order valence-corrected chi connectivity index (χ1v) is 6.03. The number of hydrogen-bond acceptors (Lipinski definition) is 4. The topological polar surface area (TPSA) is 88.5 Å². The highest BCUT2D eigenvalue weighted by molar-refractivity contribution is 5.96. The standard InChI is InChI=1S/C13H18N2O4/c1-4-8(2)11(13(17)18)15-12(16)9-5-6-10(19-3)14-7-9/h5-8,11H,4H2,1-3H3,(H,15,16)(H,17,18)/t8?,11-/m0/s1. The molecule has 0 spiro atoms. The number of carbonyl (C=O) groups excluding carboxylic acids is 1. The summed E-state index contributed by atoms with van der Waals surface area (Å²) in [6.07, 6.45) is 2.02. The Bertz CT molecular complexity index is 444. The van der Waals surface area contributed by atoms with Crippen LogP contribution in [0.1, 0.15) is 30.6 Å². The molecule has 1 aromatic heterocycles. The Morgan fingerprint density at radius 2 is 2.16 bits per heavy atom. The molecule has 1 unspecified atom stereocenters. The van der Waals surface area contributed by atoms with E-state index in [1.165, 1.54) is 19.4 Å². The number of rotatable bonds is 6. The molecule has 0 aromatic carbocycles. The van der Waals surface area contributed by atoms with Crippen molar-refractivity contribution in [2.75, 3.05) is 7.11 Å². The van der Waals surface area contributed by atoms with Gasteiger partial charge in [0, 0.05) is 12.3 Å². The van der Waals surface area contributed by atoms with Crippen LogP contribution < -0.4 is 10.1 Å². The fraction of sp³-hybridized carbons (Fsp3) is 0.462. The first-order chi connectivity index (χ1) is 8.99. The lowest BCUT2D eigenvalue weighted by atomic mass is 9.99. The van der Waals surface area contributed by atoms with Crippen molar-refractivity contribution in [1.29, 1.82) is 0 Å². The van der Waals surface area contributed by atoms with E-state index in [4.69, 9.17) is 9.84 Å². The molecule has 0 aliphatic heterocycles. The van der Waals surface area contributed by atoms with Crippen LogP contribution in [-0.2, 0) is 4.79 Å².